The van der Waals surface area contributed by atoms with Crippen molar-refractivity contribution in [2.24, 2.45) is 5.73 Å². The summed E-state index contributed by atoms with van der Waals surface area (Å²) in [6, 6.07) is 9.31. The first kappa shape index (κ1) is 15.7. The Balaban J connectivity index is 1.90. The zero-order valence-corrected chi connectivity index (χ0v) is 13.2. The van der Waals surface area contributed by atoms with Gasteiger partial charge < -0.3 is 15.4 Å². The van der Waals surface area contributed by atoms with E-state index in [4.69, 9.17) is 10.8 Å². The monoisotopic (exact) mass is 313 g/mol. The van der Waals surface area contributed by atoms with Crippen LogP contribution in [0.25, 0.3) is 0 Å². The molecule has 1 aromatic carbocycles. The van der Waals surface area contributed by atoms with Crippen LogP contribution in [-0.4, -0.2) is 26.7 Å². The van der Waals surface area contributed by atoms with Crippen LogP contribution in [0.1, 0.15) is 48.7 Å². The highest BCUT2D eigenvalue weighted by molar-refractivity contribution is 5.73. The Morgan fingerprint density at radius 2 is 2.00 bits per heavy atom. The first-order valence-corrected chi connectivity index (χ1v) is 8.21. The van der Waals surface area contributed by atoms with E-state index in [0.29, 0.717) is 18.9 Å². The van der Waals surface area contributed by atoms with Crippen molar-refractivity contribution in [3.8, 4) is 0 Å². The van der Waals surface area contributed by atoms with Gasteiger partial charge in [0.15, 0.2) is 0 Å². The number of nitrogens with two attached hydrogens (primary N) is 1. The fourth-order valence-electron chi connectivity index (χ4n) is 3.36. The van der Waals surface area contributed by atoms with Crippen molar-refractivity contribution < 1.29 is 9.90 Å². The Morgan fingerprint density at radius 1 is 1.30 bits per heavy atom. The molecule has 1 heterocycles. The number of carboxylic acids is 1. The molecule has 0 aliphatic heterocycles. The van der Waals surface area contributed by atoms with Gasteiger partial charge in [0.05, 0.1) is 0 Å². The zero-order chi connectivity index (χ0) is 16.2. The standard InChI is InChI=1S/C18H23N3O2/c19-16(18(22)23)10-15-11-20-17(14-8-4-5-9-14)21(15)12-13-6-2-1-3-7-13/h1-3,6-7,11,14,16H,4-5,8-10,12,19H2,(H,22,23). The minimum absolute atomic E-state index is 0.307. The van der Waals surface area contributed by atoms with E-state index in [0.717, 1.165) is 24.4 Å². The SMILES string of the molecule is NC(Cc1cnc(C2CCCC2)n1Cc1ccccc1)C(=O)O. The summed E-state index contributed by atoms with van der Waals surface area (Å²) in [4.78, 5) is 15.7. The van der Waals surface area contributed by atoms with E-state index in [9.17, 15) is 4.79 Å². The van der Waals surface area contributed by atoms with Crippen molar-refractivity contribution >= 4 is 5.97 Å². The predicted molar refractivity (Wildman–Crippen MR) is 88.3 cm³/mol. The van der Waals surface area contributed by atoms with Crippen LogP contribution in [0.2, 0.25) is 0 Å². The fourth-order valence-corrected chi connectivity index (χ4v) is 3.36. The molecule has 1 aromatic heterocycles. The third-order valence-corrected chi connectivity index (χ3v) is 4.62. The maximum absolute atomic E-state index is 11.1. The quantitative estimate of drug-likeness (QED) is 0.858. The van der Waals surface area contributed by atoms with Gasteiger partial charge in [-0.05, 0) is 18.4 Å². The second-order valence-corrected chi connectivity index (χ2v) is 6.31. The molecule has 0 saturated heterocycles. The van der Waals surface area contributed by atoms with Gasteiger partial charge in [-0.2, -0.15) is 0 Å². The lowest BCUT2D eigenvalue weighted by Gasteiger charge is -2.17. The molecule has 3 N–H and O–H groups in total. The van der Waals surface area contributed by atoms with Crippen molar-refractivity contribution in [2.75, 3.05) is 0 Å². The number of aromatic nitrogens is 2. The number of rotatable bonds is 6. The number of imidazole rings is 1. The molecule has 1 unspecified atom stereocenters. The number of hydrogen-bond acceptors (Lipinski definition) is 3. The van der Waals surface area contributed by atoms with Crippen molar-refractivity contribution in [3.63, 3.8) is 0 Å². The van der Waals surface area contributed by atoms with Crippen molar-refractivity contribution in [2.45, 2.75) is 50.6 Å². The lowest BCUT2D eigenvalue weighted by Crippen LogP contribution is -2.33. The molecular weight excluding hydrogens is 290 g/mol. The summed E-state index contributed by atoms with van der Waals surface area (Å²) >= 11 is 0. The largest absolute Gasteiger partial charge is 0.480 e. The highest BCUT2D eigenvalue weighted by atomic mass is 16.4. The van der Waals surface area contributed by atoms with E-state index in [1.807, 2.05) is 18.2 Å². The molecule has 2 aromatic rings. The Hall–Kier alpha value is -2.14. The minimum atomic E-state index is -0.972. The Bertz CT molecular complexity index is 660. The number of hydrogen-bond donors (Lipinski definition) is 2. The van der Waals surface area contributed by atoms with Gasteiger partial charge in [0.25, 0.3) is 0 Å². The number of nitrogens with zero attached hydrogens (tertiary/aromatic N) is 2. The van der Waals surface area contributed by atoms with Crippen LogP contribution in [0.5, 0.6) is 0 Å². The predicted octanol–water partition coefficient (Wildman–Crippen LogP) is 2.54. The maximum atomic E-state index is 11.1. The summed E-state index contributed by atoms with van der Waals surface area (Å²) in [5, 5.41) is 9.09. The highest BCUT2D eigenvalue weighted by Gasteiger charge is 2.24. The van der Waals surface area contributed by atoms with E-state index in [1.165, 1.54) is 18.4 Å². The minimum Gasteiger partial charge on any atom is -0.480 e. The third-order valence-electron chi connectivity index (χ3n) is 4.62. The van der Waals surface area contributed by atoms with E-state index in [2.05, 4.69) is 21.7 Å². The van der Waals surface area contributed by atoms with Crippen molar-refractivity contribution in [3.05, 3.63) is 53.6 Å². The summed E-state index contributed by atoms with van der Waals surface area (Å²) < 4.78 is 2.17. The molecule has 0 bridgehead atoms. The molecule has 5 nitrogen and oxygen atoms in total. The normalized spacial score (nSPS) is 16.6. The molecule has 5 heteroatoms. The van der Waals surface area contributed by atoms with Crippen LogP contribution in [-0.2, 0) is 17.8 Å². The third kappa shape index (κ3) is 3.62. The molecule has 1 fully saturated rings. The molecule has 1 atom stereocenters. The Morgan fingerprint density at radius 3 is 2.65 bits per heavy atom. The molecule has 1 aliphatic carbocycles. The second-order valence-electron chi connectivity index (χ2n) is 6.31. The molecule has 122 valence electrons. The highest BCUT2D eigenvalue weighted by Crippen LogP contribution is 2.34. The smallest absolute Gasteiger partial charge is 0.320 e. The van der Waals surface area contributed by atoms with Crippen LogP contribution in [0.3, 0.4) is 0 Å². The average molecular weight is 313 g/mol. The zero-order valence-electron chi connectivity index (χ0n) is 13.2. The van der Waals surface area contributed by atoms with Gasteiger partial charge in [0.2, 0.25) is 0 Å². The first-order chi connectivity index (χ1) is 11.1. The molecular formula is C18H23N3O2. The van der Waals surface area contributed by atoms with E-state index in [-0.39, 0.29) is 0 Å². The van der Waals surface area contributed by atoms with Crippen LogP contribution in [0, 0.1) is 0 Å². The van der Waals surface area contributed by atoms with E-state index >= 15 is 0 Å². The number of carbonyl (C=O) groups is 1. The van der Waals surface area contributed by atoms with Gasteiger partial charge in [-0.3, -0.25) is 4.79 Å². The fraction of sp³-hybridized carbons (Fsp3) is 0.444. The number of benzene rings is 1. The second kappa shape index (κ2) is 6.96. The first-order valence-electron chi connectivity index (χ1n) is 8.21. The summed E-state index contributed by atoms with van der Waals surface area (Å²) in [7, 11) is 0. The summed E-state index contributed by atoms with van der Waals surface area (Å²) in [5.41, 5.74) is 7.83. The van der Waals surface area contributed by atoms with Crippen LogP contribution >= 0.6 is 0 Å². The van der Waals surface area contributed by atoms with Crippen LogP contribution in [0.15, 0.2) is 36.5 Å². The topological polar surface area (TPSA) is 81.1 Å². The number of aliphatic carboxylic acids is 1. The van der Waals surface area contributed by atoms with Crippen molar-refractivity contribution in [1.29, 1.82) is 0 Å². The lowest BCUT2D eigenvalue weighted by atomic mass is 10.1. The van der Waals surface area contributed by atoms with Gasteiger partial charge in [0, 0.05) is 30.8 Å². The van der Waals surface area contributed by atoms with Gasteiger partial charge in [-0.1, -0.05) is 43.2 Å². The molecule has 0 amide bonds. The number of carboxylic acid groups (broad SMARTS) is 1. The lowest BCUT2D eigenvalue weighted by molar-refractivity contribution is -0.138. The maximum Gasteiger partial charge on any atom is 0.320 e. The molecule has 1 aliphatic rings. The summed E-state index contributed by atoms with van der Waals surface area (Å²) in [5.74, 6) is 0.590. The van der Waals surface area contributed by atoms with Gasteiger partial charge in [0.1, 0.15) is 11.9 Å². The Kier molecular flexibility index (Phi) is 4.76. The molecule has 3 rings (SSSR count). The van der Waals surface area contributed by atoms with Crippen LogP contribution < -0.4 is 5.73 Å². The van der Waals surface area contributed by atoms with Crippen LogP contribution in [0.4, 0.5) is 0 Å². The van der Waals surface area contributed by atoms with E-state index < -0.39 is 12.0 Å². The van der Waals surface area contributed by atoms with Gasteiger partial charge in [-0.25, -0.2) is 4.98 Å². The molecule has 23 heavy (non-hydrogen) atoms. The molecule has 0 radical (unpaired) electrons. The molecule has 0 spiro atoms. The van der Waals surface area contributed by atoms with Gasteiger partial charge >= 0.3 is 5.97 Å². The Labute approximate surface area is 136 Å². The summed E-state index contributed by atoms with van der Waals surface area (Å²) in [6.07, 6.45) is 6.92. The van der Waals surface area contributed by atoms with Crippen molar-refractivity contribution in [1.82, 2.24) is 9.55 Å². The average Bonchev–Trinajstić information content (AvgIpc) is 3.19. The van der Waals surface area contributed by atoms with E-state index in [1.54, 1.807) is 6.20 Å². The summed E-state index contributed by atoms with van der Waals surface area (Å²) in [6.45, 7) is 0.717. The molecule has 1 saturated carbocycles. The van der Waals surface area contributed by atoms with Gasteiger partial charge in [-0.15, -0.1) is 0 Å².